The van der Waals surface area contributed by atoms with E-state index in [2.05, 4.69) is 0 Å². The second-order valence-corrected chi connectivity index (χ2v) is 3.08. The van der Waals surface area contributed by atoms with E-state index in [0.717, 1.165) is 0 Å². The van der Waals surface area contributed by atoms with Gasteiger partial charge in [0.05, 0.1) is 0 Å². The fourth-order valence-corrected chi connectivity index (χ4v) is 0. The molecule has 0 aliphatic carbocycles. The van der Waals surface area contributed by atoms with Crippen LogP contribution in [0.2, 0.25) is 0 Å². The molecule has 13 heteroatoms. The van der Waals surface area contributed by atoms with Gasteiger partial charge in [-0.2, -0.15) is 0 Å². The molecule has 0 atom stereocenters. The van der Waals surface area contributed by atoms with Crippen molar-refractivity contribution in [1.29, 1.82) is 0 Å². The Morgan fingerprint density at radius 3 is 0.692 bits per heavy atom. The Bertz CT molecular complexity index is 138. The molecule has 0 aromatic carbocycles. The molecule has 13 heavy (non-hydrogen) atoms. The van der Waals surface area contributed by atoms with Gasteiger partial charge in [-0.15, -0.1) is 0 Å². The van der Waals surface area contributed by atoms with Crippen LogP contribution in [0.5, 0.6) is 0 Å². The van der Waals surface area contributed by atoms with E-state index in [1.54, 1.807) is 0 Å². The van der Waals surface area contributed by atoms with Crippen LogP contribution >= 0.6 is 15.6 Å². The molecule has 0 heterocycles. The Morgan fingerprint density at radius 2 is 0.692 bits per heavy atom. The van der Waals surface area contributed by atoms with Crippen LogP contribution in [0.3, 0.4) is 0 Å². The van der Waals surface area contributed by atoms with Crippen LogP contribution in [0.25, 0.3) is 0 Å². The molecule has 0 rings (SSSR count). The molecule has 0 aliphatic heterocycles. The molecule has 10 nitrogen and oxygen atoms in total. The van der Waals surface area contributed by atoms with Crippen molar-refractivity contribution in [2.75, 3.05) is 0 Å². The molecule has 0 fully saturated rings. The van der Waals surface area contributed by atoms with Crippen molar-refractivity contribution in [1.82, 2.24) is 12.3 Å². The maximum atomic E-state index is 8.88. The van der Waals surface area contributed by atoms with Crippen LogP contribution < -0.4 is 63.7 Å². The van der Waals surface area contributed by atoms with E-state index in [9.17, 15) is 0 Å². The molecule has 0 spiro atoms. The molecular formula is H13KN2O8P2. The minimum atomic E-state index is -4.64. The normalized spacial score (nSPS) is 9.08. The van der Waals surface area contributed by atoms with Gasteiger partial charge < -0.3 is 43.1 Å². The average molecular weight is 270 g/mol. The Labute approximate surface area is 118 Å². The number of rotatable bonds is 0. The summed E-state index contributed by atoms with van der Waals surface area (Å²) < 4.78 is 17.8. The quantitative estimate of drug-likeness (QED) is 0.155. The van der Waals surface area contributed by atoms with E-state index in [-0.39, 0.29) is 65.1 Å². The summed E-state index contributed by atoms with van der Waals surface area (Å²) in [7, 11) is -9.28. The maximum absolute atomic E-state index is 8.88. The van der Waals surface area contributed by atoms with Gasteiger partial charge in [0.2, 0.25) is 0 Å². The molecule has 82 valence electrons. The van der Waals surface area contributed by atoms with Gasteiger partial charge in [0, 0.05) is 0 Å². The standard InChI is InChI=1S/K.2H3N.2H3O4P.H/c;;;2*1-5(2,3)4;/h;2*1H3;2*(H3,1,2,3,4);/q+1;;;;;-1. The van der Waals surface area contributed by atoms with Crippen LogP contribution in [0, 0.1) is 0 Å². The zero-order valence-corrected chi connectivity index (χ0v) is 11.7. The van der Waals surface area contributed by atoms with Crippen molar-refractivity contribution >= 4 is 15.6 Å². The van der Waals surface area contributed by atoms with Crippen molar-refractivity contribution < 1.29 is 91.3 Å². The van der Waals surface area contributed by atoms with Gasteiger partial charge in [-0.05, 0) is 0 Å². The number of phosphoric acid groups is 2. The third-order valence-electron chi connectivity index (χ3n) is 0. The van der Waals surface area contributed by atoms with Gasteiger partial charge in [-0.3, -0.25) is 0 Å². The van der Waals surface area contributed by atoms with Gasteiger partial charge in [-0.25, -0.2) is 9.13 Å². The summed E-state index contributed by atoms with van der Waals surface area (Å²) >= 11 is 0. The summed E-state index contributed by atoms with van der Waals surface area (Å²) in [5, 5.41) is 0. The zero-order valence-electron chi connectivity index (χ0n) is 7.81. The maximum Gasteiger partial charge on any atom is 1.00 e. The first kappa shape index (κ1) is 29.3. The van der Waals surface area contributed by atoms with Crippen molar-refractivity contribution in [3.05, 3.63) is 0 Å². The molecule has 0 aromatic heterocycles. The Kier molecular flexibility index (Phi) is 26.7. The molecule has 0 unspecified atom stereocenters. The van der Waals surface area contributed by atoms with E-state index in [1.807, 2.05) is 0 Å². The number of hydrogen-bond donors (Lipinski definition) is 8. The fourth-order valence-electron chi connectivity index (χ4n) is 0. The molecule has 0 amide bonds. The topological polar surface area (TPSA) is 226 Å². The summed E-state index contributed by atoms with van der Waals surface area (Å²) in [5.74, 6) is 0. The molecule has 0 aliphatic rings. The van der Waals surface area contributed by atoms with Crippen molar-refractivity contribution in [2.24, 2.45) is 0 Å². The summed E-state index contributed by atoms with van der Waals surface area (Å²) in [6.45, 7) is 0. The van der Waals surface area contributed by atoms with Crippen LogP contribution in [-0.4, -0.2) is 29.4 Å². The van der Waals surface area contributed by atoms with E-state index in [1.165, 1.54) is 0 Å². The van der Waals surface area contributed by atoms with Gasteiger partial charge in [0.15, 0.2) is 0 Å². The first-order valence-corrected chi connectivity index (χ1v) is 4.70. The molecule has 0 radical (unpaired) electrons. The molecular weight excluding hydrogens is 257 g/mol. The van der Waals surface area contributed by atoms with Crippen molar-refractivity contribution in [3.8, 4) is 0 Å². The monoisotopic (exact) mass is 270 g/mol. The Morgan fingerprint density at radius 1 is 0.692 bits per heavy atom. The summed E-state index contributed by atoms with van der Waals surface area (Å²) in [4.78, 5) is 43.1. The van der Waals surface area contributed by atoms with Crippen molar-refractivity contribution in [3.63, 3.8) is 0 Å². The van der Waals surface area contributed by atoms with Crippen LogP contribution in [0.1, 0.15) is 1.43 Å². The largest absolute Gasteiger partial charge is 1.00 e. The van der Waals surface area contributed by atoms with Gasteiger partial charge in [0.25, 0.3) is 0 Å². The van der Waals surface area contributed by atoms with Crippen LogP contribution in [-0.2, 0) is 9.13 Å². The zero-order chi connectivity index (χ0) is 9.00. The third kappa shape index (κ3) is 605. The second-order valence-electron chi connectivity index (χ2n) is 1.03. The summed E-state index contributed by atoms with van der Waals surface area (Å²) in [6, 6.07) is 0. The predicted octanol–water partition coefficient (Wildman–Crippen LogP) is -4.42. The fraction of sp³-hybridized carbons (Fsp3) is 0. The van der Waals surface area contributed by atoms with E-state index in [0.29, 0.717) is 0 Å². The average Bonchev–Trinajstić information content (AvgIpc) is 1.12. The van der Waals surface area contributed by atoms with Crippen molar-refractivity contribution in [2.45, 2.75) is 0 Å². The summed E-state index contributed by atoms with van der Waals surface area (Å²) in [5.41, 5.74) is 0. The number of hydrogen-bond acceptors (Lipinski definition) is 4. The summed E-state index contributed by atoms with van der Waals surface area (Å²) in [6.07, 6.45) is 0. The molecule has 0 saturated carbocycles. The van der Waals surface area contributed by atoms with E-state index < -0.39 is 15.6 Å². The molecule has 0 bridgehead atoms. The first-order valence-electron chi connectivity index (χ1n) is 1.57. The Hall–Kier alpha value is 1.78. The van der Waals surface area contributed by atoms with Crippen LogP contribution in [0.15, 0.2) is 0 Å². The third-order valence-corrected chi connectivity index (χ3v) is 0. The van der Waals surface area contributed by atoms with Gasteiger partial charge >= 0.3 is 67.0 Å². The second kappa shape index (κ2) is 11.8. The minimum Gasteiger partial charge on any atom is -1.00 e. The van der Waals surface area contributed by atoms with Gasteiger partial charge in [-0.1, -0.05) is 0 Å². The van der Waals surface area contributed by atoms with Gasteiger partial charge in [0.1, 0.15) is 0 Å². The molecule has 0 aromatic rings. The molecule has 0 saturated heterocycles. The predicted molar refractivity (Wildman–Crippen MR) is 39.7 cm³/mol. The van der Waals surface area contributed by atoms with E-state index >= 15 is 0 Å². The van der Waals surface area contributed by atoms with Crippen LogP contribution in [0.4, 0.5) is 0 Å². The smallest absolute Gasteiger partial charge is 1.00 e. The SMILES string of the molecule is N.N.O=P(O)(O)O.O=P(O)(O)O.[H-].[K+]. The first-order chi connectivity index (χ1) is 4.00. The Balaban J connectivity index is -0.0000000178. The van der Waals surface area contributed by atoms with E-state index in [4.69, 9.17) is 38.5 Å². The minimum absolute atomic E-state index is 0. The molecule has 12 N–H and O–H groups in total.